The highest BCUT2D eigenvalue weighted by molar-refractivity contribution is 5.51. The topological polar surface area (TPSA) is 55.1 Å². The van der Waals surface area contributed by atoms with Crippen molar-refractivity contribution in [2.24, 2.45) is 0 Å². The number of piperazine rings is 1. The Morgan fingerprint density at radius 3 is 2.48 bits per heavy atom. The minimum Gasteiger partial charge on any atom is -0.369 e. The maximum absolute atomic E-state index is 12.2. The van der Waals surface area contributed by atoms with Crippen LogP contribution in [-0.4, -0.2) is 40.5 Å². The van der Waals surface area contributed by atoms with Crippen LogP contribution in [0.3, 0.4) is 0 Å². The molecule has 0 bridgehead atoms. The molecule has 6 nitrogen and oxygen atoms in total. The lowest BCUT2D eigenvalue weighted by molar-refractivity contribution is 0.578. The van der Waals surface area contributed by atoms with Crippen LogP contribution in [0.4, 0.5) is 5.69 Å². The summed E-state index contributed by atoms with van der Waals surface area (Å²) in [4.78, 5) is 14.5. The van der Waals surface area contributed by atoms with Gasteiger partial charge in [-0.2, -0.15) is 5.10 Å². The third-order valence-electron chi connectivity index (χ3n) is 3.78. The Morgan fingerprint density at radius 2 is 1.81 bits per heavy atom. The summed E-state index contributed by atoms with van der Waals surface area (Å²) in [6, 6.07) is 8.11. The van der Waals surface area contributed by atoms with Gasteiger partial charge in [0.2, 0.25) is 0 Å². The molecule has 1 aromatic carbocycles. The molecule has 21 heavy (non-hydrogen) atoms. The average Bonchev–Trinajstić information content (AvgIpc) is 2.90. The quantitative estimate of drug-likeness (QED) is 0.906. The number of nitrogens with zero attached hydrogens (tertiary/aromatic N) is 4. The van der Waals surface area contributed by atoms with Gasteiger partial charge in [-0.1, -0.05) is 6.92 Å². The zero-order valence-electron chi connectivity index (χ0n) is 12.3. The third-order valence-corrected chi connectivity index (χ3v) is 3.78. The zero-order valence-corrected chi connectivity index (χ0v) is 12.3. The Bertz CT molecular complexity index is 637. The summed E-state index contributed by atoms with van der Waals surface area (Å²) in [6.45, 7) is 6.77. The SMILES string of the molecule is CCCn1ncn(-c2ccc(N3CCNCC3)cc2)c1=O. The van der Waals surface area contributed by atoms with E-state index in [1.54, 1.807) is 10.9 Å². The summed E-state index contributed by atoms with van der Waals surface area (Å²) in [5.74, 6) is 0. The summed E-state index contributed by atoms with van der Waals surface area (Å²) in [5, 5.41) is 7.49. The van der Waals surface area contributed by atoms with E-state index in [2.05, 4.69) is 27.4 Å². The normalized spacial score (nSPS) is 15.4. The van der Waals surface area contributed by atoms with Gasteiger partial charge >= 0.3 is 5.69 Å². The lowest BCUT2D eigenvalue weighted by Crippen LogP contribution is -2.43. The number of benzene rings is 1. The Hall–Kier alpha value is -2.08. The molecule has 0 aliphatic carbocycles. The Morgan fingerprint density at radius 1 is 1.14 bits per heavy atom. The Labute approximate surface area is 124 Å². The average molecular weight is 287 g/mol. The van der Waals surface area contributed by atoms with E-state index in [1.165, 1.54) is 10.4 Å². The van der Waals surface area contributed by atoms with Gasteiger partial charge in [0.1, 0.15) is 6.33 Å². The molecule has 112 valence electrons. The van der Waals surface area contributed by atoms with Gasteiger partial charge < -0.3 is 10.2 Å². The molecule has 2 aromatic rings. The molecule has 0 radical (unpaired) electrons. The predicted octanol–water partition coefficient (Wildman–Crippen LogP) is 0.854. The number of rotatable bonds is 4. The molecule has 1 fully saturated rings. The molecule has 1 aliphatic heterocycles. The number of hydrogen-bond donors (Lipinski definition) is 1. The van der Waals surface area contributed by atoms with Crippen molar-refractivity contribution in [2.45, 2.75) is 19.9 Å². The van der Waals surface area contributed by atoms with Crippen LogP contribution in [0, 0.1) is 0 Å². The fourth-order valence-electron chi connectivity index (χ4n) is 2.63. The first-order chi connectivity index (χ1) is 10.3. The summed E-state index contributed by atoms with van der Waals surface area (Å²) >= 11 is 0. The van der Waals surface area contributed by atoms with Gasteiger partial charge in [-0.25, -0.2) is 14.0 Å². The van der Waals surface area contributed by atoms with Crippen LogP contribution >= 0.6 is 0 Å². The first-order valence-corrected chi connectivity index (χ1v) is 7.50. The molecule has 0 spiro atoms. The third kappa shape index (κ3) is 2.85. The number of hydrogen-bond acceptors (Lipinski definition) is 4. The summed E-state index contributed by atoms with van der Waals surface area (Å²) in [5.41, 5.74) is 1.99. The number of aryl methyl sites for hydroxylation is 1. The van der Waals surface area contributed by atoms with Crippen LogP contribution in [0.2, 0.25) is 0 Å². The van der Waals surface area contributed by atoms with E-state index in [0.29, 0.717) is 6.54 Å². The lowest BCUT2D eigenvalue weighted by Gasteiger charge is -2.29. The molecule has 0 saturated carbocycles. The van der Waals surface area contributed by atoms with Gasteiger partial charge in [0.05, 0.1) is 5.69 Å². The van der Waals surface area contributed by atoms with Gasteiger partial charge in [0.25, 0.3) is 0 Å². The number of aromatic nitrogens is 3. The minimum atomic E-state index is -0.0771. The largest absolute Gasteiger partial charge is 0.369 e. The highest BCUT2D eigenvalue weighted by Crippen LogP contribution is 2.17. The highest BCUT2D eigenvalue weighted by Gasteiger charge is 2.11. The van der Waals surface area contributed by atoms with Crippen LogP contribution in [0.25, 0.3) is 5.69 Å². The van der Waals surface area contributed by atoms with Crippen molar-refractivity contribution in [3.8, 4) is 5.69 Å². The zero-order chi connectivity index (χ0) is 14.7. The van der Waals surface area contributed by atoms with Crippen molar-refractivity contribution in [1.29, 1.82) is 0 Å². The monoisotopic (exact) mass is 287 g/mol. The first kappa shape index (κ1) is 13.9. The molecule has 1 N–H and O–H groups in total. The van der Waals surface area contributed by atoms with Crippen LogP contribution in [0.15, 0.2) is 35.4 Å². The maximum Gasteiger partial charge on any atom is 0.350 e. The number of nitrogens with one attached hydrogen (secondary N) is 1. The van der Waals surface area contributed by atoms with Crippen molar-refractivity contribution in [3.63, 3.8) is 0 Å². The van der Waals surface area contributed by atoms with Gasteiger partial charge in [-0.05, 0) is 30.7 Å². The van der Waals surface area contributed by atoms with Crippen LogP contribution in [-0.2, 0) is 6.54 Å². The Kier molecular flexibility index (Phi) is 4.06. The molecular formula is C15H21N5O. The van der Waals surface area contributed by atoms with Gasteiger partial charge in [0.15, 0.2) is 0 Å². The summed E-state index contributed by atoms with van der Waals surface area (Å²) in [6.07, 6.45) is 2.50. The van der Waals surface area contributed by atoms with Crippen LogP contribution in [0.1, 0.15) is 13.3 Å². The summed E-state index contributed by atoms with van der Waals surface area (Å²) in [7, 11) is 0. The van der Waals surface area contributed by atoms with Crippen molar-refractivity contribution in [2.75, 3.05) is 31.1 Å². The van der Waals surface area contributed by atoms with E-state index < -0.39 is 0 Å². The fourth-order valence-corrected chi connectivity index (χ4v) is 2.63. The van der Waals surface area contributed by atoms with Gasteiger partial charge in [-0.3, -0.25) is 0 Å². The maximum atomic E-state index is 12.2. The van der Waals surface area contributed by atoms with Gasteiger partial charge in [-0.15, -0.1) is 0 Å². The molecule has 1 aromatic heterocycles. The van der Waals surface area contributed by atoms with E-state index in [0.717, 1.165) is 38.3 Å². The second-order valence-corrected chi connectivity index (χ2v) is 5.26. The van der Waals surface area contributed by atoms with E-state index in [4.69, 9.17) is 0 Å². The lowest BCUT2D eigenvalue weighted by atomic mass is 10.2. The second-order valence-electron chi connectivity index (χ2n) is 5.26. The predicted molar refractivity (Wildman–Crippen MR) is 83.2 cm³/mol. The van der Waals surface area contributed by atoms with Crippen molar-refractivity contribution in [1.82, 2.24) is 19.7 Å². The smallest absolute Gasteiger partial charge is 0.350 e. The first-order valence-electron chi connectivity index (χ1n) is 7.50. The fraction of sp³-hybridized carbons (Fsp3) is 0.467. The minimum absolute atomic E-state index is 0.0771. The molecule has 6 heteroatoms. The van der Waals surface area contributed by atoms with E-state index >= 15 is 0 Å². The second kappa shape index (κ2) is 6.13. The molecule has 0 atom stereocenters. The molecule has 2 heterocycles. The van der Waals surface area contributed by atoms with Gasteiger partial charge in [0, 0.05) is 38.4 Å². The molecule has 1 saturated heterocycles. The molecule has 3 rings (SSSR count). The highest BCUT2D eigenvalue weighted by atomic mass is 16.2. The van der Waals surface area contributed by atoms with Crippen molar-refractivity contribution in [3.05, 3.63) is 41.1 Å². The standard InChI is InChI=1S/C15H21N5O/c1-2-9-20-15(21)19(12-17-20)14-5-3-13(4-6-14)18-10-7-16-8-11-18/h3-6,12,16H,2,7-11H2,1H3. The molecule has 0 unspecified atom stereocenters. The molecule has 0 amide bonds. The van der Waals surface area contributed by atoms with Crippen molar-refractivity contribution < 1.29 is 0 Å². The van der Waals surface area contributed by atoms with E-state index in [9.17, 15) is 4.79 Å². The molecular weight excluding hydrogens is 266 g/mol. The van der Waals surface area contributed by atoms with Crippen LogP contribution < -0.4 is 15.9 Å². The number of anilines is 1. The van der Waals surface area contributed by atoms with Crippen molar-refractivity contribution >= 4 is 5.69 Å². The Balaban J connectivity index is 1.82. The van der Waals surface area contributed by atoms with E-state index in [1.807, 2.05) is 19.1 Å². The summed E-state index contributed by atoms with van der Waals surface area (Å²) < 4.78 is 3.10. The van der Waals surface area contributed by atoms with E-state index in [-0.39, 0.29) is 5.69 Å². The molecule has 1 aliphatic rings. The van der Waals surface area contributed by atoms with Crippen LogP contribution in [0.5, 0.6) is 0 Å².